The Morgan fingerprint density at radius 3 is 2.16 bits per heavy atom. The van der Waals surface area contributed by atoms with Crippen LogP contribution in [0.1, 0.15) is 47.0 Å². The third kappa shape index (κ3) is 5.48. The topological polar surface area (TPSA) is 55.4 Å². The van der Waals surface area contributed by atoms with Gasteiger partial charge in [0.05, 0.1) is 6.10 Å². The Morgan fingerprint density at radius 2 is 1.79 bits per heavy atom. The van der Waals surface area contributed by atoms with Crippen molar-refractivity contribution < 1.29 is 27.5 Å². The molecule has 0 aliphatic rings. The van der Waals surface area contributed by atoms with Gasteiger partial charge < -0.3 is 10.1 Å². The molecule has 1 amide bonds. The maximum absolute atomic E-state index is 12.2. The molecule has 7 heteroatoms. The van der Waals surface area contributed by atoms with E-state index in [1.54, 1.807) is 12.2 Å². The van der Waals surface area contributed by atoms with Crippen molar-refractivity contribution in [3.8, 4) is 0 Å². The third-order valence-electron chi connectivity index (χ3n) is 2.81. The number of rotatable bonds is 6. The molecule has 0 aromatic heterocycles. The lowest BCUT2D eigenvalue weighted by atomic mass is 9.99. The summed E-state index contributed by atoms with van der Waals surface area (Å²) in [6.45, 7) is 6.28. The minimum absolute atomic E-state index is 0.00645. The van der Waals surface area contributed by atoms with Gasteiger partial charge in [-0.3, -0.25) is 4.79 Å². The van der Waals surface area contributed by atoms with Crippen molar-refractivity contribution in [3.05, 3.63) is 0 Å². The summed E-state index contributed by atoms with van der Waals surface area (Å²) < 4.78 is 41.6. The van der Waals surface area contributed by atoms with E-state index in [1.807, 2.05) is 6.92 Å². The first-order valence-corrected chi connectivity index (χ1v) is 6.17. The number of halogens is 3. The lowest BCUT2D eigenvalue weighted by Crippen LogP contribution is -2.56. The van der Waals surface area contributed by atoms with Gasteiger partial charge in [-0.2, -0.15) is 13.2 Å². The van der Waals surface area contributed by atoms with E-state index in [1.165, 1.54) is 13.8 Å². The Bertz CT molecular complexity index is 331. The Kier molecular flexibility index (Phi) is 6.32. The van der Waals surface area contributed by atoms with Crippen molar-refractivity contribution >= 4 is 11.9 Å². The fourth-order valence-corrected chi connectivity index (χ4v) is 1.38. The molecule has 0 aromatic rings. The molecule has 112 valence electrons. The van der Waals surface area contributed by atoms with Gasteiger partial charge in [-0.25, -0.2) is 4.79 Å². The Morgan fingerprint density at radius 1 is 1.26 bits per heavy atom. The number of alkyl halides is 3. The monoisotopic (exact) mass is 283 g/mol. The Balaban J connectivity index is 4.77. The van der Waals surface area contributed by atoms with Crippen LogP contribution in [0.3, 0.4) is 0 Å². The molecule has 0 aliphatic carbocycles. The summed E-state index contributed by atoms with van der Waals surface area (Å²) >= 11 is 0. The maximum atomic E-state index is 12.2. The average molecular weight is 283 g/mol. The number of nitrogens with one attached hydrogen (secondary N) is 1. The summed E-state index contributed by atoms with van der Waals surface area (Å²) in [6.07, 6.45) is -4.02. The highest BCUT2D eigenvalue weighted by atomic mass is 19.4. The molecule has 0 bridgehead atoms. The second kappa shape index (κ2) is 6.77. The van der Waals surface area contributed by atoms with Crippen LogP contribution in [0.2, 0.25) is 0 Å². The Hall–Kier alpha value is -1.27. The molecule has 0 saturated carbocycles. The van der Waals surface area contributed by atoms with E-state index in [0.29, 0.717) is 6.42 Å². The zero-order chi connectivity index (χ0) is 15.3. The van der Waals surface area contributed by atoms with Crippen molar-refractivity contribution in [3.63, 3.8) is 0 Å². The molecule has 0 spiro atoms. The largest absolute Gasteiger partial charge is 0.471 e. The second-order valence-corrected chi connectivity index (χ2v) is 4.64. The molecular formula is C12H20F3NO3. The fraction of sp³-hybridized carbons (Fsp3) is 0.833. The summed E-state index contributed by atoms with van der Waals surface area (Å²) in [4.78, 5) is 22.8. The van der Waals surface area contributed by atoms with E-state index in [4.69, 9.17) is 4.74 Å². The Labute approximate surface area is 110 Å². The summed E-state index contributed by atoms with van der Waals surface area (Å²) in [5.41, 5.74) is -1.67. The first-order valence-electron chi connectivity index (χ1n) is 6.17. The molecule has 2 atom stereocenters. The van der Waals surface area contributed by atoms with Gasteiger partial charge in [0.2, 0.25) is 0 Å². The molecular weight excluding hydrogens is 263 g/mol. The highest BCUT2D eigenvalue weighted by Crippen LogP contribution is 2.20. The van der Waals surface area contributed by atoms with Crippen LogP contribution in [-0.4, -0.2) is 29.7 Å². The average Bonchev–Trinajstić information content (AvgIpc) is 2.27. The van der Waals surface area contributed by atoms with Gasteiger partial charge in [0.25, 0.3) is 0 Å². The van der Waals surface area contributed by atoms with Crippen molar-refractivity contribution in [1.82, 2.24) is 5.32 Å². The van der Waals surface area contributed by atoms with E-state index in [-0.39, 0.29) is 6.42 Å². The van der Waals surface area contributed by atoms with E-state index in [2.05, 4.69) is 0 Å². The predicted octanol–water partition coefficient (Wildman–Crippen LogP) is 2.57. The zero-order valence-electron chi connectivity index (χ0n) is 11.6. The van der Waals surface area contributed by atoms with Crippen LogP contribution in [0.5, 0.6) is 0 Å². The summed E-state index contributed by atoms with van der Waals surface area (Å²) in [5, 5.41) is 1.69. The number of amides is 1. The minimum atomic E-state index is -5.02. The number of hydrogen-bond acceptors (Lipinski definition) is 3. The molecule has 0 fully saturated rings. The number of ether oxygens (including phenoxy) is 1. The fourth-order valence-electron chi connectivity index (χ4n) is 1.38. The van der Waals surface area contributed by atoms with Crippen LogP contribution in [-0.2, 0) is 14.3 Å². The molecule has 19 heavy (non-hydrogen) atoms. The predicted molar refractivity (Wildman–Crippen MR) is 63.4 cm³/mol. The highest BCUT2D eigenvalue weighted by molar-refractivity contribution is 5.90. The normalized spacial score (nSPS) is 16.4. The summed E-state index contributed by atoms with van der Waals surface area (Å²) in [7, 11) is 0. The van der Waals surface area contributed by atoms with E-state index in [9.17, 15) is 22.8 Å². The molecule has 1 N–H and O–H groups in total. The number of hydrogen-bond donors (Lipinski definition) is 1. The maximum Gasteiger partial charge on any atom is 0.471 e. The molecule has 0 rings (SSSR count). The quantitative estimate of drug-likeness (QED) is 0.762. The summed E-state index contributed by atoms with van der Waals surface area (Å²) in [6, 6.07) is 0. The minimum Gasteiger partial charge on any atom is -0.461 e. The van der Waals surface area contributed by atoms with Gasteiger partial charge in [-0.05, 0) is 26.7 Å². The van der Waals surface area contributed by atoms with Crippen LogP contribution in [0.4, 0.5) is 13.2 Å². The molecule has 0 aliphatic heterocycles. The van der Waals surface area contributed by atoms with Gasteiger partial charge >= 0.3 is 18.1 Å². The third-order valence-corrected chi connectivity index (χ3v) is 2.81. The number of carbonyl (C=O) groups excluding carboxylic acids is 2. The smallest absolute Gasteiger partial charge is 0.461 e. The van der Waals surface area contributed by atoms with Gasteiger partial charge in [0.1, 0.15) is 5.54 Å². The lowest BCUT2D eigenvalue weighted by Gasteiger charge is -2.29. The lowest BCUT2D eigenvalue weighted by molar-refractivity contribution is -0.179. The molecule has 4 nitrogen and oxygen atoms in total. The zero-order valence-corrected chi connectivity index (χ0v) is 11.6. The van der Waals surface area contributed by atoms with Crippen LogP contribution in [0, 0.1) is 0 Å². The summed E-state index contributed by atoms with van der Waals surface area (Å²) in [5.74, 6) is -2.99. The number of carbonyl (C=O) groups is 2. The molecule has 1 unspecified atom stereocenters. The van der Waals surface area contributed by atoms with Crippen molar-refractivity contribution in [1.29, 1.82) is 0 Å². The van der Waals surface area contributed by atoms with Crippen LogP contribution in [0.25, 0.3) is 0 Å². The second-order valence-electron chi connectivity index (χ2n) is 4.64. The van der Waals surface area contributed by atoms with Crippen LogP contribution < -0.4 is 5.32 Å². The van der Waals surface area contributed by atoms with Gasteiger partial charge in [-0.1, -0.05) is 20.3 Å². The van der Waals surface area contributed by atoms with E-state index >= 15 is 0 Å². The van der Waals surface area contributed by atoms with Gasteiger partial charge in [-0.15, -0.1) is 0 Å². The molecule has 0 aromatic carbocycles. The first-order chi connectivity index (χ1) is 8.56. The SMILES string of the molecule is CCCC(C)OC(=O)[C@](C)(CC)NC(=O)C(F)(F)F. The van der Waals surface area contributed by atoms with Crippen LogP contribution in [0.15, 0.2) is 0 Å². The van der Waals surface area contributed by atoms with Crippen molar-refractivity contribution in [2.24, 2.45) is 0 Å². The van der Waals surface area contributed by atoms with Crippen LogP contribution >= 0.6 is 0 Å². The van der Waals surface area contributed by atoms with Crippen molar-refractivity contribution in [2.75, 3.05) is 0 Å². The van der Waals surface area contributed by atoms with Gasteiger partial charge in [0.15, 0.2) is 0 Å². The number of esters is 1. The highest BCUT2D eigenvalue weighted by Gasteiger charge is 2.45. The molecule has 0 heterocycles. The van der Waals surface area contributed by atoms with E-state index in [0.717, 1.165) is 6.42 Å². The first kappa shape index (κ1) is 17.7. The standard InChI is InChI=1S/C12H20F3NO3/c1-5-7-8(3)19-10(18)11(4,6-2)16-9(17)12(13,14)15/h8H,5-7H2,1-4H3,(H,16,17)/t8?,11-/m0/s1. The molecule has 0 radical (unpaired) electrons. The molecule has 0 saturated heterocycles. The van der Waals surface area contributed by atoms with Crippen molar-refractivity contribution in [2.45, 2.75) is 64.8 Å². The van der Waals surface area contributed by atoms with Gasteiger partial charge in [0, 0.05) is 0 Å². The van der Waals surface area contributed by atoms with E-state index < -0.39 is 29.7 Å².